The summed E-state index contributed by atoms with van der Waals surface area (Å²) in [5.74, 6) is 1.63. The van der Waals surface area contributed by atoms with Crippen molar-refractivity contribution in [1.29, 1.82) is 0 Å². The first kappa shape index (κ1) is 23.4. The molecule has 0 radical (unpaired) electrons. The third kappa shape index (κ3) is 7.19. The lowest BCUT2D eigenvalue weighted by atomic mass is 9.95. The number of primary amides is 1. The van der Waals surface area contributed by atoms with Gasteiger partial charge in [0.05, 0.1) is 13.2 Å². The van der Waals surface area contributed by atoms with Crippen molar-refractivity contribution in [3.05, 3.63) is 0 Å². The highest BCUT2D eigenvalue weighted by molar-refractivity contribution is 14.0. The number of nitrogens with one attached hydrogen (secondary N) is 1. The van der Waals surface area contributed by atoms with E-state index in [1.807, 2.05) is 7.05 Å². The quantitative estimate of drug-likeness (QED) is 0.338. The van der Waals surface area contributed by atoms with E-state index in [0.29, 0.717) is 24.3 Å². The van der Waals surface area contributed by atoms with Crippen LogP contribution in [-0.4, -0.2) is 80.7 Å². The van der Waals surface area contributed by atoms with Gasteiger partial charge in [0.15, 0.2) is 5.96 Å². The normalized spacial score (nSPS) is 23.5. The Kier molecular flexibility index (Phi) is 10.8. The van der Waals surface area contributed by atoms with E-state index in [9.17, 15) is 4.79 Å². The Morgan fingerprint density at radius 1 is 1.31 bits per heavy atom. The van der Waals surface area contributed by atoms with Crippen LogP contribution in [0.2, 0.25) is 0 Å². The van der Waals surface area contributed by atoms with E-state index in [-0.39, 0.29) is 29.9 Å². The van der Waals surface area contributed by atoms with Gasteiger partial charge in [-0.05, 0) is 24.7 Å². The number of hydrogen-bond acceptors (Lipinski definition) is 4. The van der Waals surface area contributed by atoms with Crippen LogP contribution < -0.4 is 11.1 Å². The van der Waals surface area contributed by atoms with Crippen molar-refractivity contribution in [3.8, 4) is 0 Å². The fourth-order valence-electron chi connectivity index (χ4n) is 3.93. The summed E-state index contributed by atoms with van der Waals surface area (Å²) < 4.78 is 5.48. The van der Waals surface area contributed by atoms with Crippen molar-refractivity contribution < 1.29 is 9.53 Å². The van der Waals surface area contributed by atoms with Gasteiger partial charge in [-0.3, -0.25) is 14.7 Å². The van der Waals surface area contributed by atoms with Crippen LogP contribution in [0.15, 0.2) is 4.99 Å². The molecule has 1 amide bonds. The third-order valence-electron chi connectivity index (χ3n) is 5.27. The van der Waals surface area contributed by atoms with Gasteiger partial charge in [0.1, 0.15) is 0 Å². The van der Waals surface area contributed by atoms with E-state index in [0.717, 1.165) is 64.7 Å². The summed E-state index contributed by atoms with van der Waals surface area (Å²) in [6.45, 7) is 10.9. The number of halogens is 1. The number of carbonyl (C=O) groups excluding carboxylic acids is 1. The van der Waals surface area contributed by atoms with Gasteiger partial charge >= 0.3 is 0 Å². The highest BCUT2D eigenvalue weighted by Gasteiger charge is 2.26. The lowest BCUT2D eigenvalue weighted by Crippen LogP contribution is -2.54. The molecule has 2 unspecified atom stereocenters. The Bertz CT molecular complexity index is 455. The average molecular weight is 481 g/mol. The zero-order chi connectivity index (χ0) is 18.2. The first-order valence-corrected chi connectivity index (χ1v) is 9.57. The number of guanidine groups is 1. The lowest BCUT2D eigenvalue weighted by molar-refractivity contribution is -0.119. The first-order chi connectivity index (χ1) is 12.0. The van der Waals surface area contributed by atoms with Crippen LogP contribution >= 0.6 is 24.0 Å². The Morgan fingerprint density at radius 2 is 2.00 bits per heavy atom. The van der Waals surface area contributed by atoms with Crippen molar-refractivity contribution in [2.45, 2.75) is 39.2 Å². The monoisotopic (exact) mass is 481 g/mol. The zero-order valence-corrected chi connectivity index (χ0v) is 18.8. The van der Waals surface area contributed by atoms with Crippen LogP contribution in [0.5, 0.6) is 0 Å². The maximum absolute atomic E-state index is 11.2. The highest BCUT2D eigenvalue weighted by Crippen LogP contribution is 2.19. The van der Waals surface area contributed by atoms with Crippen LogP contribution in [-0.2, 0) is 9.53 Å². The molecule has 26 heavy (non-hydrogen) atoms. The van der Waals surface area contributed by atoms with Crippen molar-refractivity contribution in [3.63, 3.8) is 0 Å². The number of morpholine rings is 1. The third-order valence-corrected chi connectivity index (χ3v) is 5.27. The molecule has 8 heteroatoms. The van der Waals surface area contributed by atoms with Gasteiger partial charge in [0.2, 0.25) is 5.91 Å². The summed E-state index contributed by atoms with van der Waals surface area (Å²) >= 11 is 0. The zero-order valence-electron chi connectivity index (χ0n) is 16.4. The van der Waals surface area contributed by atoms with Crippen molar-refractivity contribution >= 4 is 35.8 Å². The summed E-state index contributed by atoms with van der Waals surface area (Å²) in [5.41, 5.74) is 5.37. The highest BCUT2D eigenvalue weighted by atomic mass is 127. The molecule has 0 aromatic heterocycles. The second-order valence-electron chi connectivity index (χ2n) is 7.51. The van der Waals surface area contributed by atoms with E-state index in [1.54, 1.807) is 0 Å². The molecule has 0 bridgehead atoms. The second-order valence-corrected chi connectivity index (χ2v) is 7.51. The number of likely N-dealkylation sites (tertiary alicyclic amines) is 1. The van der Waals surface area contributed by atoms with E-state index in [2.05, 4.69) is 34.0 Å². The fourth-order valence-corrected chi connectivity index (χ4v) is 3.93. The average Bonchev–Trinajstić information content (AvgIpc) is 2.59. The topological polar surface area (TPSA) is 83.2 Å². The molecule has 0 aromatic rings. The van der Waals surface area contributed by atoms with Crippen molar-refractivity contribution in [1.82, 2.24) is 15.1 Å². The molecule has 2 rings (SSSR count). The van der Waals surface area contributed by atoms with Crippen LogP contribution in [0, 0.1) is 11.8 Å². The largest absolute Gasteiger partial charge is 0.379 e. The number of hydrogen-bond donors (Lipinski definition) is 2. The summed E-state index contributed by atoms with van der Waals surface area (Å²) in [4.78, 5) is 20.5. The lowest BCUT2D eigenvalue weighted by Gasteiger charge is -2.39. The number of carbonyl (C=O) groups is 1. The molecule has 7 nitrogen and oxygen atoms in total. The molecule has 2 saturated heterocycles. The minimum Gasteiger partial charge on any atom is -0.379 e. The van der Waals surface area contributed by atoms with Crippen molar-refractivity contribution in [2.75, 3.05) is 53.0 Å². The van der Waals surface area contributed by atoms with Crippen molar-refractivity contribution in [2.24, 2.45) is 22.6 Å². The molecule has 2 heterocycles. The summed E-state index contributed by atoms with van der Waals surface area (Å²) in [7, 11) is 1.83. The van der Waals surface area contributed by atoms with Crippen LogP contribution in [0.1, 0.15) is 33.1 Å². The molecule has 2 atom stereocenters. The molecular weight excluding hydrogens is 445 g/mol. The van der Waals surface area contributed by atoms with E-state index in [1.165, 1.54) is 0 Å². The van der Waals surface area contributed by atoms with Crippen LogP contribution in [0.4, 0.5) is 0 Å². The molecular formula is C18H36IN5O2. The van der Waals surface area contributed by atoms with Gasteiger partial charge in [-0.2, -0.15) is 0 Å². The van der Waals surface area contributed by atoms with E-state index >= 15 is 0 Å². The van der Waals surface area contributed by atoms with Gasteiger partial charge in [-0.1, -0.05) is 13.8 Å². The predicted molar refractivity (Wildman–Crippen MR) is 116 cm³/mol. The SMILES string of the molecule is CN=C(NCC(C(C)C)N1CCOCC1)N1CCCC(CC(N)=O)C1.I. The maximum Gasteiger partial charge on any atom is 0.217 e. The Hall–Kier alpha value is -0.610. The Balaban J connectivity index is 0.00000338. The minimum absolute atomic E-state index is 0. The molecule has 0 saturated carbocycles. The standard InChI is InChI=1S/C18H35N5O2.HI/c1-14(2)16(22-7-9-25-10-8-22)12-21-18(20-3)23-6-4-5-15(13-23)11-17(19)24;/h14-16H,4-13H2,1-3H3,(H2,19,24)(H,20,21);1H. The smallest absolute Gasteiger partial charge is 0.217 e. The molecule has 2 aliphatic rings. The number of amides is 1. The molecule has 0 aromatic carbocycles. The number of aliphatic imine (C=N–C) groups is 1. The van der Waals surface area contributed by atoms with E-state index < -0.39 is 0 Å². The Labute approximate surface area is 175 Å². The summed E-state index contributed by atoms with van der Waals surface area (Å²) in [6.07, 6.45) is 2.62. The van der Waals surface area contributed by atoms with Crippen LogP contribution in [0.25, 0.3) is 0 Å². The van der Waals surface area contributed by atoms with E-state index in [4.69, 9.17) is 10.5 Å². The molecule has 152 valence electrons. The van der Waals surface area contributed by atoms with Gasteiger partial charge in [0.25, 0.3) is 0 Å². The summed E-state index contributed by atoms with van der Waals surface area (Å²) in [6, 6.07) is 0.465. The number of ether oxygens (including phenoxy) is 1. The number of rotatable bonds is 6. The number of piperidine rings is 1. The van der Waals surface area contributed by atoms with Crippen LogP contribution in [0.3, 0.4) is 0 Å². The van der Waals surface area contributed by atoms with Gasteiger partial charge in [-0.15, -0.1) is 24.0 Å². The van der Waals surface area contributed by atoms with Gasteiger partial charge in [-0.25, -0.2) is 0 Å². The Morgan fingerprint density at radius 3 is 2.58 bits per heavy atom. The second kappa shape index (κ2) is 12.0. The molecule has 3 N–H and O–H groups in total. The van der Waals surface area contributed by atoms with Gasteiger partial charge in [0, 0.05) is 52.2 Å². The number of nitrogens with two attached hydrogens (primary N) is 1. The minimum atomic E-state index is -0.206. The first-order valence-electron chi connectivity index (χ1n) is 9.57. The fraction of sp³-hybridized carbons (Fsp3) is 0.889. The summed E-state index contributed by atoms with van der Waals surface area (Å²) in [5, 5.41) is 3.57. The molecule has 0 aliphatic carbocycles. The van der Waals surface area contributed by atoms with Gasteiger partial charge < -0.3 is 20.7 Å². The number of nitrogens with zero attached hydrogens (tertiary/aromatic N) is 3. The molecule has 2 fully saturated rings. The molecule has 0 spiro atoms. The predicted octanol–water partition coefficient (Wildman–Crippen LogP) is 1.12. The maximum atomic E-state index is 11.2. The molecule has 2 aliphatic heterocycles.